The normalized spacial score (nSPS) is 14.4. The van der Waals surface area contributed by atoms with Gasteiger partial charge in [0.2, 0.25) is 0 Å². The molecule has 0 saturated heterocycles. The first kappa shape index (κ1) is 18.1. The van der Waals surface area contributed by atoms with E-state index in [0.717, 1.165) is 23.8 Å². The van der Waals surface area contributed by atoms with Gasteiger partial charge in [0.1, 0.15) is 4.90 Å². The second kappa shape index (κ2) is 6.57. The van der Waals surface area contributed by atoms with E-state index in [1.165, 1.54) is 17.1 Å². The van der Waals surface area contributed by atoms with Crippen LogP contribution in [0.15, 0.2) is 53.9 Å². The Hall–Kier alpha value is -2.91. The topological polar surface area (TPSA) is 94.7 Å². The number of hydrogen-bond donors (Lipinski definition) is 1. The minimum absolute atomic E-state index is 0.269. The van der Waals surface area contributed by atoms with Crippen molar-refractivity contribution in [3.05, 3.63) is 59.6 Å². The summed E-state index contributed by atoms with van der Waals surface area (Å²) in [7, 11) is -2.08. The third-order valence-electron chi connectivity index (χ3n) is 4.96. The number of sulfonamides is 1. The van der Waals surface area contributed by atoms with Gasteiger partial charge in [-0.15, -0.1) is 0 Å². The van der Waals surface area contributed by atoms with Crippen LogP contribution in [0.1, 0.15) is 24.3 Å². The number of nitrogens with one attached hydrogen (secondary N) is 1. The Morgan fingerprint density at radius 2 is 1.93 bits per heavy atom. The zero-order valence-corrected chi connectivity index (χ0v) is 17.0. The highest BCUT2D eigenvalue weighted by atomic mass is 35.5. The predicted octanol–water partition coefficient (Wildman–Crippen LogP) is 3.49. The summed E-state index contributed by atoms with van der Waals surface area (Å²) < 4.78 is 32.5. The SMILES string of the molecule is Cn1ncc2ccc(C3CC3)c(S(=O)(=O)Nc3ccc(-n4cc(Cl)cn4)nc3)c21. The van der Waals surface area contributed by atoms with Crippen molar-refractivity contribution in [3.63, 3.8) is 0 Å². The zero-order valence-electron chi connectivity index (χ0n) is 15.4. The molecule has 0 spiro atoms. The molecule has 8 nitrogen and oxygen atoms in total. The monoisotopic (exact) mass is 428 g/mol. The molecule has 0 atom stereocenters. The Kier molecular flexibility index (Phi) is 4.11. The molecule has 5 rings (SSSR count). The highest BCUT2D eigenvalue weighted by Crippen LogP contribution is 2.45. The van der Waals surface area contributed by atoms with Gasteiger partial charge in [0, 0.05) is 12.4 Å². The molecule has 0 bridgehead atoms. The van der Waals surface area contributed by atoms with Crippen LogP contribution < -0.4 is 4.72 Å². The van der Waals surface area contributed by atoms with E-state index in [0.29, 0.717) is 26.9 Å². The lowest BCUT2D eigenvalue weighted by Gasteiger charge is -2.14. The summed E-state index contributed by atoms with van der Waals surface area (Å²) in [6.45, 7) is 0. The highest BCUT2D eigenvalue weighted by molar-refractivity contribution is 7.93. The van der Waals surface area contributed by atoms with Gasteiger partial charge in [-0.05, 0) is 36.5 Å². The third kappa shape index (κ3) is 3.26. The van der Waals surface area contributed by atoms with Crippen LogP contribution in [0.5, 0.6) is 0 Å². The summed E-state index contributed by atoms with van der Waals surface area (Å²) in [6, 6.07) is 7.16. The molecular weight excluding hydrogens is 412 g/mol. The van der Waals surface area contributed by atoms with E-state index in [1.54, 1.807) is 36.3 Å². The molecule has 1 aromatic carbocycles. The van der Waals surface area contributed by atoms with Crippen LogP contribution in [0.4, 0.5) is 5.69 Å². The standard InChI is InChI=1S/C19H17ClN6O2S/c1-25-18-13(8-22-25)4-6-16(12-2-3-12)19(18)29(27,28)24-15-5-7-17(21-10-15)26-11-14(20)9-23-26/h4-12,24H,2-3H2,1H3. The molecule has 1 fully saturated rings. The molecule has 1 saturated carbocycles. The first-order valence-electron chi connectivity index (χ1n) is 9.06. The molecular formula is C19H17ClN6O2S. The highest BCUT2D eigenvalue weighted by Gasteiger charge is 2.33. The van der Waals surface area contributed by atoms with E-state index < -0.39 is 10.0 Å². The molecule has 3 aromatic heterocycles. The van der Waals surface area contributed by atoms with Crippen molar-refractivity contribution >= 4 is 38.2 Å². The van der Waals surface area contributed by atoms with Crippen LogP contribution in [0.25, 0.3) is 16.7 Å². The lowest BCUT2D eigenvalue weighted by atomic mass is 10.1. The third-order valence-corrected chi connectivity index (χ3v) is 6.62. The summed E-state index contributed by atoms with van der Waals surface area (Å²) in [6.07, 6.45) is 8.26. The van der Waals surface area contributed by atoms with Gasteiger partial charge in [0.05, 0.1) is 41.0 Å². The Morgan fingerprint density at radius 1 is 1.10 bits per heavy atom. The molecule has 1 aliphatic carbocycles. The van der Waals surface area contributed by atoms with Gasteiger partial charge in [-0.1, -0.05) is 23.7 Å². The van der Waals surface area contributed by atoms with E-state index in [-0.39, 0.29) is 5.92 Å². The van der Waals surface area contributed by atoms with Crippen LogP contribution in [0.3, 0.4) is 0 Å². The second-order valence-electron chi connectivity index (χ2n) is 7.08. The molecule has 1 aliphatic rings. The summed E-state index contributed by atoms with van der Waals surface area (Å²) in [4.78, 5) is 4.57. The second-order valence-corrected chi connectivity index (χ2v) is 9.13. The summed E-state index contributed by atoms with van der Waals surface area (Å²) in [5, 5.41) is 9.61. The van der Waals surface area contributed by atoms with Crippen molar-refractivity contribution in [1.29, 1.82) is 0 Å². The Morgan fingerprint density at radius 3 is 2.59 bits per heavy atom. The van der Waals surface area contributed by atoms with Gasteiger partial charge < -0.3 is 0 Å². The molecule has 4 aromatic rings. The lowest BCUT2D eigenvalue weighted by molar-refractivity contribution is 0.600. The quantitative estimate of drug-likeness (QED) is 0.525. The first-order valence-corrected chi connectivity index (χ1v) is 10.9. The van der Waals surface area contributed by atoms with E-state index in [2.05, 4.69) is 19.9 Å². The number of rotatable bonds is 5. The van der Waals surface area contributed by atoms with Gasteiger partial charge in [0.15, 0.2) is 5.82 Å². The number of hydrogen-bond acceptors (Lipinski definition) is 5. The average Bonchev–Trinajstić information content (AvgIpc) is 3.35. The summed E-state index contributed by atoms with van der Waals surface area (Å²) in [5.74, 6) is 0.804. The summed E-state index contributed by atoms with van der Waals surface area (Å²) in [5.41, 5.74) is 1.81. The number of halogens is 1. The molecule has 3 heterocycles. The minimum Gasteiger partial charge on any atom is -0.278 e. The van der Waals surface area contributed by atoms with Gasteiger partial charge in [-0.25, -0.2) is 18.1 Å². The number of fused-ring (bicyclic) bond motifs is 1. The molecule has 0 aliphatic heterocycles. The van der Waals surface area contributed by atoms with Gasteiger partial charge in [-0.3, -0.25) is 9.40 Å². The molecule has 0 radical (unpaired) electrons. The number of aryl methyl sites for hydroxylation is 1. The lowest BCUT2D eigenvalue weighted by Crippen LogP contribution is -2.17. The van der Waals surface area contributed by atoms with Gasteiger partial charge in [0.25, 0.3) is 10.0 Å². The molecule has 29 heavy (non-hydrogen) atoms. The van der Waals surface area contributed by atoms with Gasteiger partial charge >= 0.3 is 0 Å². The van der Waals surface area contributed by atoms with E-state index in [1.807, 2.05) is 12.1 Å². The van der Waals surface area contributed by atoms with Crippen molar-refractivity contribution < 1.29 is 8.42 Å². The first-order chi connectivity index (χ1) is 13.9. The molecule has 148 valence electrons. The van der Waals surface area contributed by atoms with Crippen molar-refractivity contribution in [2.24, 2.45) is 7.05 Å². The van der Waals surface area contributed by atoms with Crippen molar-refractivity contribution in [2.75, 3.05) is 4.72 Å². The van der Waals surface area contributed by atoms with Crippen molar-refractivity contribution in [3.8, 4) is 5.82 Å². The van der Waals surface area contributed by atoms with E-state index in [4.69, 9.17) is 11.6 Å². The van der Waals surface area contributed by atoms with Crippen LogP contribution in [0, 0.1) is 0 Å². The van der Waals surface area contributed by atoms with Crippen molar-refractivity contribution in [1.82, 2.24) is 24.5 Å². The zero-order chi connectivity index (χ0) is 20.2. The smallest absolute Gasteiger partial charge is 0.264 e. The maximum absolute atomic E-state index is 13.4. The van der Waals surface area contributed by atoms with Crippen LogP contribution in [0.2, 0.25) is 5.02 Å². The number of pyridine rings is 1. The fourth-order valence-electron chi connectivity index (χ4n) is 3.46. The molecule has 1 N–H and O–H groups in total. The number of benzene rings is 1. The van der Waals surface area contributed by atoms with Crippen LogP contribution in [-0.2, 0) is 17.1 Å². The maximum Gasteiger partial charge on any atom is 0.264 e. The summed E-state index contributed by atoms with van der Waals surface area (Å²) >= 11 is 5.88. The number of anilines is 1. The predicted molar refractivity (Wildman–Crippen MR) is 110 cm³/mol. The average molecular weight is 429 g/mol. The largest absolute Gasteiger partial charge is 0.278 e. The number of nitrogens with zero attached hydrogens (tertiary/aromatic N) is 5. The number of aromatic nitrogens is 5. The Labute approximate surface area is 172 Å². The minimum atomic E-state index is -3.84. The van der Waals surface area contributed by atoms with Gasteiger partial charge in [-0.2, -0.15) is 10.2 Å². The fraction of sp³-hybridized carbons (Fsp3) is 0.211. The van der Waals surface area contributed by atoms with Crippen molar-refractivity contribution in [2.45, 2.75) is 23.7 Å². The molecule has 10 heteroatoms. The van der Waals surface area contributed by atoms with Crippen LogP contribution in [-0.4, -0.2) is 33.0 Å². The Balaban J connectivity index is 1.53. The van der Waals surface area contributed by atoms with Crippen LogP contribution >= 0.6 is 11.6 Å². The molecule has 0 amide bonds. The Bertz CT molecular complexity index is 1320. The molecule has 0 unspecified atom stereocenters. The fourth-order valence-corrected chi connectivity index (χ4v) is 5.18. The van der Waals surface area contributed by atoms with E-state index >= 15 is 0 Å². The maximum atomic E-state index is 13.4. The van der Waals surface area contributed by atoms with E-state index in [9.17, 15) is 8.42 Å².